The first-order valence-corrected chi connectivity index (χ1v) is 10.3. The summed E-state index contributed by atoms with van der Waals surface area (Å²) in [7, 11) is -0.867. The summed E-state index contributed by atoms with van der Waals surface area (Å²) in [5.74, 6) is 2.11. The second kappa shape index (κ2) is 8.10. The molecule has 0 saturated carbocycles. The highest BCUT2D eigenvalue weighted by Gasteiger charge is 2.26. The van der Waals surface area contributed by atoms with E-state index in [2.05, 4.69) is 20.9 Å². The van der Waals surface area contributed by atoms with Crippen LogP contribution in [0.5, 0.6) is 11.6 Å². The maximum absolute atomic E-state index is 13.0. The maximum atomic E-state index is 13.0. The lowest BCUT2D eigenvalue weighted by Gasteiger charge is -2.23. The lowest BCUT2D eigenvalue weighted by molar-refractivity contribution is 0.0748. The van der Waals surface area contributed by atoms with Gasteiger partial charge in [-0.15, -0.1) is 0 Å². The minimum atomic E-state index is -0.867. The van der Waals surface area contributed by atoms with Gasteiger partial charge in [-0.2, -0.15) is 0 Å². The number of nitrogens with zero attached hydrogens (tertiary/aromatic N) is 2. The SMILES string of the molecule is C[C@H]1CN(C(=O)c2cccnc2Oc2cccc(Br)c2)CC[S@@](=O)C1. The number of carbonyl (C=O) groups is 1. The summed E-state index contributed by atoms with van der Waals surface area (Å²) in [6, 6.07) is 10.8. The maximum Gasteiger partial charge on any atom is 0.259 e. The van der Waals surface area contributed by atoms with Crippen molar-refractivity contribution < 1.29 is 13.7 Å². The van der Waals surface area contributed by atoms with E-state index in [1.165, 1.54) is 0 Å². The zero-order valence-corrected chi connectivity index (χ0v) is 16.3. The summed E-state index contributed by atoms with van der Waals surface area (Å²) < 4.78 is 18.6. The van der Waals surface area contributed by atoms with Gasteiger partial charge in [-0.3, -0.25) is 9.00 Å². The van der Waals surface area contributed by atoms with Crippen LogP contribution in [-0.4, -0.2) is 44.6 Å². The van der Waals surface area contributed by atoms with E-state index in [0.717, 1.165) is 4.47 Å². The van der Waals surface area contributed by atoms with E-state index in [1.54, 1.807) is 23.2 Å². The lowest BCUT2D eigenvalue weighted by atomic mass is 10.1. The molecule has 3 rings (SSSR count). The third kappa shape index (κ3) is 4.67. The predicted molar refractivity (Wildman–Crippen MR) is 101 cm³/mol. The van der Waals surface area contributed by atoms with E-state index in [9.17, 15) is 9.00 Å². The van der Waals surface area contributed by atoms with Crippen LogP contribution in [0.2, 0.25) is 0 Å². The van der Waals surface area contributed by atoms with Crippen molar-refractivity contribution in [3.8, 4) is 11.6 Å². The molecule has 0 unspecified atom stereocenters. The first-order chi connectivity index (χ1) is 12.0. The molecule has 132 valence electrons. The zero-order valence-electron chi connectivity index (χ0n) is 13.9. The molecule has 2 atom stereocenters. The molecule has 1 aromatic heterocycles. The summed E-state index contributed by atoms with van der Waals surface area (Å²) in [6.07, 6.45) is 1.60. The molecule has 1 aliphatic heterocycles. The van der Waals surface area contributed by atoms with Crippen LogP contribution in [-0.2, 0) is 10.8 Å². The fourth-order valence-electron chi connectivity index (χ4n) is 2.76. The standard InChI is InChI=1S/C18H19BrN2O3S/c1-13-11-21(8-9-25(23)12-13)18(22)16-6-3-7-20-17(16)24-15-5-2-4-14(19)10-15/h2-7,10,13H,8-9,11-12H2,1H3/t13-,25+/m0/s1. The monoisotopic (exact) mass is 422 g/mol. The number of amides is 1. The van der Waals surface area contributed by atoms with Crippen molar-refractivity contribution in [2.45, 2.75) is 6.92 Å². The Labute approximate surface area is 158 Å². The molecule has 0 bridgehead atoms. The molecular weight excluding hydrogens is 404 g/mol. The highest BCUT2D eigenvalue weighted by atomic mass is 79.9. The van der Waals surface area contributed by atoms with E-state index in [-0.39, 0.29) is 17.7 Å². The van der Waals surface area contributed by atoms with Gasteiger partial charge >= 0.3 is 0 Å². The highest BCUT2D eigenvalue weighted by Crippen LogP contribution is 2.26. The average molecular weight is 423 g/mol. The van der Waals surface area contributed by atoms with Crippen LogP contribution >= 0.6 is 15.9 Å². The second-order valence-corrected chi connectivity index (χ2v) is 8.62. The van der Waals surface area contributed by atoms with Gasteiger partial charge in [-0.1, -0.05) is 28.9 Å². The molecule has 1 aliphatic rings. The van der Waals surface area contributed by atoms with E-state index in [4.69, 9.17) is 4.74 Å². The van der Waals surface area contributed by atoms with Crippen molar-refractivity contribution >= 4 is 32.6 Å². The van der Waals surface area contributed by atoms with E-state index in [0.29, 0.717) is 35.9 Å². The average Bonchev–Trinajstić information content (AvgIpc) is 2.75. The third-order valence-electron chi connectivity index (χ3n) is 3.89. The van der Waals surface area contributed by atoms with Crippen LogP contribution in [0.3, 0.4) is 0 Å². The van der Waals surface area contributed by atoms with Crippen LogP contribution in [0, 0.1) is 5.92 Å². The number of hydrogen-bond donors (Lipinski definition) is 0. The van der Waals surface area contributed by atoms with Crippen LogP contribution in [0.25, 0.3) is 0 Å². The quantitative estimate of drug-likeness (QED) is 0.759. The number of ether oxygens (including phenoxy) is 1. The van der Waals surface area contributed by atoms with Gasteiger partial charge in [0.25, 0.3) is 5.91 Å². The smallest absolute Gasteiger partial charge is 0.259 e. The summed E-state index contributed by atoms with van der Waals surface area (Å²) >= 11 is 3.40. The van der Waals surface area contributed by atoms with Crippen molar-refractivity contribution in [3.63, 3.8) is 0 Å². The van der Waals surface area contributed by atoms with Crippen LogP contribution in [0.15, 0.2) is 47.1 Å². The Kier molecular flexibility index (Phi) is 5.86. The van der Waals surface area contributed by atoms with E-state index in [1.807, 2.05) is 31.2 Å². The van der Waals surface area contributed by atoms with Gasteiger partial charge in [0.05, 0.1) is 0 Å². The van der Waals surface area contributed by atoms with Gasteiger partial charge in [0, 0.05) is 46.1 Å². The molecule has 1 amide bonds. The zero-order chi connectivity index (χ0) is 17.8. The molecule has 0 aliphatic carbocycles. The summed E-state index contributed by atoms with van der Waals surface area (Å²) in [5.41, 5.74) is 0.419. The fourth-order valence-corrected chi connectivity index (χ4v) is 4.47. The summed E-state index contributed by atoms with van der Waals surface area (Å²) in [6.45, 7) is 3.10. The van der Waals surface area contributed by atoms with Crippen LogP contribution in [0.4, 0.5) is 0 Å². The Morgan fingerprint density at radius 2 is 2.20 bits per heavy atom. The molecule has 2 aromatic rings. The normalized spacial score (nSPS) is 20.8. The number of carbonyl (C=O) groups excluding carboxylic acids is 1. The molecule has 2 heterocycles. The molecule has 5 nitrogen and oxygen atoms in total. The predicted octanol–water partition coefficient (Wildman–Crippen LogP) is 3.48. The second-order valence-electron chi connectivity index (χ2n) is 6.08. The lowest BCUT2D eigenvalue weighted by Crippen LogP contribution is -2.35. The van der Waals surface area contributed by atoms with E-state index >= 15 is 0 Å². The Balaban J connectivity index is 1.84. The molecule has 7 heteroatoms. The molecule has 1 fully saturated rings. The van der Waals surface area contributed by atoms with Gasteiger partial charge in [-0.05, 0) is 36.2 Å². The van der Waals surface area contributed by atoms with Gasteiger partial charge < -0.3 is 9.64 Å². The Morgan fingerprint density at radius 3 is 3.00 bits per heavy atom. The molecule has 1 saturated heterocycles. The molecule has 1 aromatic carbocycles. The van der Waals surface area contributed by atoms with Crippen molar-refractivity contribution in [2.24, 2.45) is 5.92 Å². The molecular formula is C18H19BrN2O3S. The topological polar surface area (TPSA) is 59.5 Å². The Morgan fingerprint density at radius 1 is 1.36 bits per heavy atom. The minimum Gasteiger partial charge on any atom is -0.438 e. The van der Waals surface area contributed by atoms with Crippen LogP contribution < -0.4 is 4.74 Å². The number of aromatic nitrogens is 1. The number of benzene rings is 1. The van der Waals surface area contributed by atoms with Crippen molar-refractivity contribution in [2.75, 3.05) is 24.6 Å². The molecule has 0 spiro atoms. The summed E-state index contributed by atoms with van der Waals surface area (Å²) in [5, 5.41) is 0. The first kappa shape index (κ1) is 18.1. The summed E-state index contributed by atoms with van der Waals surface area (Å²) in [4.78, 5) is 19.0. The van der Waals surface area contributed by atoms with Gasteiger partial charge in [0.15, 0.2) is 0 Å². The third-order valence-corrected chi connectivity index (χ3v) is 5.96. The van der Waals surface area contributed by atoms with Gasteiger partial charge in [-0.25, -0.2) is 4.98 Å². The first-order valence-electron chi connectivity index (χ1n) is 8.05. The number of hydrogen-bond acceptors (Lipinski definition) is 4. The molecule has 0 radical (unpaired) electrons. The Bertz CT molecular complexity index is 799. The molecule has 0 N–H and O–H groups in total. The highest BCUT2D eigenvalue weighted by molar-refractivity contribution is 9.10. The number of halogens is 1. The van der Waals surface area contributed by atoms with Crippen molar-refractivity contribution in [1.82, 2.24) is 9.88 Å². The van der Waals surface area contributed by atoms with Crippen molar-refractivity contribution in [3.05, 3.63) is 52.6 Å². The van der Waals surface area contributed by atoms with Crippen LogP contribution in [0.1, 0.15) is 17.3 Å². The van der Waals surface area contributed by atoms with E-state index < -0.39 is 10.8 Å². The number of pyridine rings is 1. The molecule has 25 heavy (non-hydrogen) atoms. The number of rotatable bonds is 3. The van der Waals surface area contributed by atoms with Crippen molar-refractivity contribution in [1.29, 1.82) is 0 Å². The minimum absolute atomic E-state index is 0.135. The Hall–Kier alpha value is -1.73. The van der Waals surface area contributed by atoms with Gasteiger partial charge in [0.2, 0.25) is 5.88 Å². The largest absolute Gasteiger partial charge is 0.438 e. The van der Waals surface area contributed by atoms with Gasteiger partial charge in [0.1, 0.15) is 11.3 Å². The fraction of sp³-hybridized carbons (Fsp3) is 0.333.